The van der Waals surface area contributed by atoms with Crippen molar-refractivity contribution in [2.45, 2.75) is 32.0 Å². The maximum absolute atomic E-state index is 13.1. The Kier molecular flexibility index (Phi) is 8.76. The van der Waals surface area contributed by atoms with E-state index in [1.165, 1.54) is 4.90 Å². The molecule has 48 heavy (non-hydrogen) atoms. The predicted molar refractivity (Wildman–Crippen MR) is 179 cm³/mol. The van der Waals surface area contributed by atoms with Crippen LogP contribution in [0.1, 0.15) is 56.7 Å². The Morgan fingerprint density at radius 2 is 1.35 bits per heavy atom. The molecule has 4 unspecified atom stereocenters. The number of fused-ring (bicyclic) bond motifs is 1. The Balaban J connectivity index is 1.08. The fourth-order valence-corrected chi connectivity index (χ4v) is 6.76. The van der Waals surface area contributed by atoms with Crippen LogP contribution in [0.25, 0.3) is 0 Å². The summed E-state index contributed by atoms with van der Waals surface area (Å²) in [5, 5.41) is 20.6. The number of nitrogens with zero attached hydrogens (tertiary/aromatic N) is 4. The van der Waals surface area contributed by atoms with Crippen molar-refractivity contribution in [3.05, 3.63) is 135 Å². The Labute approximate surface area is 278 Å². The average molecular weight is 649 g/mol. The van der Waals surface area contributed by atoms with Crippen LogP contribution in [0.3, 0.4) is 0 Å². The van der Waals surface area contributed by atoms with E-state index < -0.39 is 6.29 Å². The lowest BCUT2D eigenvalue weighted by molar-refractivity contribution is -0.384. The smallest absolute Gasteiger partial charge is 0.269 e. The third-order valence-electron chi connectivity index (χ3n) is 9.58. The molecule has 11 nitrogen and oxygen atoms in total. The summed E-state index contributed by atoms with van der Waals surface area (Å²) in [5.74, 6) is -0.684. The Morgan fingerprint density at radius 1 is 0.771 bits per heavy atom. The number of rotatable bonds is 8. The highest BCUT2D eigenvalue weighted by Gasteiger charge is 2.40. The number of ether oxygens (including phenoxy) is 2. The molecule has 2 fully saturated rings. The number of imide groups is 1. The molecular weight excluding hydrogens is 612 g/mol. The number of nitro benzene ring substituents is 1. The van der Waals surface area contributed by atoms with Crippen molar-refractivity contribution < 1.29 is 29.1 Å². The van der Waals surface area contributed by atoms with E-state index in [-0.39, 0.29) is 47.2 Å². The number of piperazine rings is 1. The maximum atomic E-state index is 13.1. The molecule has 2 saturated heterocycles. The molecule has 11 heteroatoms. The second-order valence-corrected chi connectivity index (χ2v) is 12.5. The molecule has 4 aromatic carbocycles. The van der Waals surface area contributed by atoms with E-state index in [0.717, 1.165) is 48.6 Å². The topological polar surface area (TPSA) is 126 Å². The maximum Gasteiger partial charge on any atom is 0.269 e. The summed E-state index contributed by atoms with van der Waals surface area (Å²) < 4.78 is 13.3. The highest BCUT2D eigenvalue weighted by Crippen LogP contribution is 2.42. The first kappa shape index (κ1) is 31.6. The van der Waals surface area contributed by atoms with Gasteiger partial charge in [-0.1, -0.05) is 55.5 Å². The largest absolute Gasteiger partial charge is 0.392 e. The first-order chi connectivity index (χ1) is 23.3. The lowest BCUT2D eigenvalue weighted by Crippen LogP contribution is -2.51. The zero-order chi connectivity index (χ0) is 33.4. The van der Waals surface area contributed by atoms with Gasteiger partial charge in [0.15, 0.2) is 6.29 Å². The highest BCUT2D eigenvalue weighted by molar-refractivity contribution is 6.34. The molecule has 1 N–H and O–H groups in total. The molecular formula is C37H36N4O7. The van der Waals surface area contributed by atoms with Gasteiger partial charge >= 0.3 is 0 Å². The standard InChI is InChI=1S/C37H36N4O7/c1-24-33(22-38-18-20-39(21-19-38)28-14-16-30(17-15-28)41(45)46)47-37(48-34(24)26-8-6-25(23-42)7-9-26)27-10-12-29(13-11-27)40-35(43)31-4-2-3-5-32(31)36(40)44/h2-17,24,33-34,37,42H,18-23H2,1H3. The van der Waals surface area contributed by atoms with Crippen LogP contribution < -0.4 is 9.80 Å². The molecule has 2 amide bonds. The average Bonchev–Trinajstić information content (AvgIpc) is 3.38. The van der Waals surface area contributed by atoms with Crippen LogP contribution in [0.4, 0.5) is 17.1 Å². The van der Waals surface area contributed by atoms with Gasteiger partial charge in [0.2, 0.25) is 0 Å². The van der Waals surface area contributed by atoms with Gasteiger partial charge in [-0.25, -0.2) is 4.90 Å². The quantitative estimate of drug-likeness (QED) is 0.150. The van der Waals surface area contributed by atoms with Crippen molar-refractivity contribution >= 4 is 28.9 Å². The van der Waals surface area contributed by atoms with E-state index in [1.807, 2.05) is 36.4 Å². The zero-order valence-electron chi connectivity index (χ0n) is 26.5. The minimum absolute atomic E-state index is 0.00606. The van der Waals surface area contributed by atoms with Crippen molar-refractivity contribution in [3.63, 3.8) is 0 Å². The normalized spacial score (nSPS) is 23.0. The van der Waals surface area contributed by atoms with Crippen molar-refractivity contribution in [1.29, 1.82) is 0 Å². The number of hydrogen-bond donors (Lipinski definition) is 1. The molecule has 0 aromatic heterocycles. The van der Waals surface area contributed by atoms with Gasteiger partial charge in [-0.3, -0.25) is 24.6 Å². The van der Waals surface area contributed by atoms with Gasteiger partial charge in [0, 0.05) is 62.0 Å². The van der Waals surface area contributed by atoms with Gasteiger partial charge in [0.1, 0.15) is 0 Å². The fraction of sp³-hybridized carbons (Fsp3) is 0.297. The number of anilines is 2. The number of carbonyl (C=O) groups excluding carboxylic acids is 2. The van der Waals surface area contributed by atoms with E-state index in [0.29, 0.717) is 23.4 Å². The van der Waals surface area contributed by atoms with E-state index in [9.17, 15) is 24.8 Å². The number of aliphatic hydroxyl groups is 1. The van der Waals surface area contributed by atoms with E-state index >= 15 is 0 Å². The van der Waals surface area contributed by atoms with Gasteiger partial charge in [-0.15, -0.1) is 0 Å². The van der Waals surface area contributed by atoms with Gasteiger partial charge in [-0.05, 0) is 47.5 Å². The molecule has 7 rings (SSSR count). The van der Waals surface area contributed by atoms with Crippen LogP contribution in [0, 0.1) is 16.0 Å². The number of nitro groups is 1. The molecule has 4 aromatic rings. The van der Waals surface area contributed by atoms with Crippen LogP contribution in [-0.4, -0.2) is 65.6 Å². The molecule has 3 aliphatic rings. The van der Waals surface area contributed by atoms with E-state index in [2.05, 4.69) is 16.7 Å². The molecule has 0 radical (unpaired) electrons. The second-order valence-electron chi connectivity index (χ2n) is 12.5. The molecule has 0 saturated carbocycles. The van der Waals surface area contributed by atoms with Crippen LogP contribution in [0.5, 0.6) is 0 Å². The first-order valence-electron chi connectivity index (χ1n) is 16.1. The predicted octanol–water partition coefficient (Wildman–Crippen LogP) is 5.50. The Hall–Kier alpha value is -4.94. The van der Waals surface area contributed by atoms with Gasteiger partial charge in [0.25, 0.3) is 17.5 Å². The number of benzene rings is 4. The summed E-state index contributed by atoms with van der Waals surface area (Å²) in [6, 6.07) is 28.5. The minimum atomic E-state index is -0.689. The Bertz CT molecular complexity index is 1770. The second kappa shape index (κ2) is 13.3. The van der Waals surface area contributed by atoms with Crippen LogP contribution in [-0.2, 0) is 16.1 Å². The number of amides is 2. The summed E-state index contributed by atoms with van der Waals surface area (Å²) in [6.45, 7) is 5.95. The molecule has 4 atom stereocenters. The molecule has 0 bridgehead atoms. The van der Waals surface area contributed by atoms with Crippen molar-refractivity contribution in [2.75, 3.05) is 42.5 Å². The van der Waals surface area contributed by atoms with Crippen molar-refractivity contribution in [2.24, 2.45) is 5.92 Å². The first-order valence-corrected chi connectivity index (χ1v) is 16.1. The molecule has 3 heterocycles. The van der Waals surface area contributed by atoms with Crippen molar-refractivity contribution in [3.8, 4) is 0 Å². The lowest BCUT2D eigenvalue weighted by atomic mass is 9.90. The van der Waals surface area contributed by atoms with Gasteiger partial charge in [-0.2, -0.15) is 0 Å². The SMILES string of the molecule is CC1C(CN2CCN(c3ccc([N+](=O)[O-])cc3)CC2)OC(c2ccc(N3C(=O)c4ccccc4C3=O)cc2)OC1c1ccc(CO)cc1. The molecule has 0 aliphatic carbocycles. The number of carbonyl (C=O) groups is 2. The lowest BCUT2D eigenvalue weighted by Gasteiger charge is -2.44. The van der Waals surface area contributed by atoms with E-state index in [4.69, 9.17) is 9.47 Å². The van der Waals surface area contributed by atoms with Crippen molar-refractivity contribution in [1.82, 2.24) is 4.90 Å². The summed E-state index contributed by atoms with van der Waals surface area (Å²) in [4.78, 5) is 42.6. The van der Waals surface area contributed by atoms with Gasteiger partial charge < -0.3 is 19.5 Å². The summed E-state index contributed by atoms with van der Waals surface area (Å²) in [5.41, 5.74) is 4.89. The third-order valence-corrected chi connectivity index (χ3v) is 9.58. The Morgan fingerprint density at radius 3 is 1.94 bits per heavy atom. The fourth-order valence-electron chi connectivity index (χ4n) is 6.76. The van der Waals surface area contributed by atoms with Gasteiger partial charge in [0.05, 0.1) is 40.6 Å². The highest BCUT2D eigenvalue weighted by atomic mass is 16.7. The monoisotopic (exact) mass is 648 g/mol. The summed E-state index contributed by atoms with van der Waals surface area (Å²) in [6.07, 6.45) is -1.14. The number of non-ortho nitro benzene ring substituents is 1. The summed E-state index contributed by atoms with van der Waals surface area (Å²) in [7, 11) is 0. The van der Waals surface area contributed by atoms with Crippen LogP contribution in [0.2, 0.25) is 0 Å². The van der Waals surface area contributed by atoms with Crippen LogP contribution in [0.15, 0.2) is 97.1 Å². The third kappa shape index (κ3) is 6.09. The van der Waals surface area contributed by atoms with E-state index in [1.54, 1.807) is 60.7 Å². The molecule has 0 spiro atoms. The zero-order valence-corrected chi connectivity index (χ0v) is 26.5. The minimum Gasteiger partial charge on any atom is -0.392 e. The molecule has 3 aliphatic heterocycles. The summed E-state index contributed by atoms with van der Waals surface area (Å²) >= 11 is 0. The van der Waals surface area contributed by atoms with Crippen LogP contribution >= 0.6 is 0 Å². The molecule has 246 valence electrons. The number of aliphatic hydroxyl groups excluding tert-OH is 1. The number of hydrogen-bond acceptors (Lipinski definition) is 9.